The second kappa shape index (κ2) is 8.78. The van der Waals surface area contributed by atoms with Crippen LogP contribution in [-0.4, -0.2) is 19.7 Å². The van der Waals surface area contributed by atoms with Crippen molar-refractivity contribution in [1.29, 1.82) is 0 Å². The Bertz CT molecular complexity index is 895. The molecule has 0 saturated heterocycles. The molecule has 6 heteroatoms. The van der Waals surface area contributed by atoms with E-state index in [9.17, 15) is 13.2 Å². The summed E-state index contributed by atoms with van der Waals surface area (Å²) in [5, 5.41) is 5.20. The lowest BCUT2D eigenvalue weighted by Gasteiger charge is -2.32. The van der Waals surface area contributed by atoms with Crippen molar-refractivity contribution >= 4 is 21.6 Å². The fourth-order valence-electron chi connectivity index (χ4n) is 3.95. The van der Waals surface area contributed by atoms with Gasteiger partial charge in [-0.3, -0.25) is 0 Å². The average molecular weight is 401 g/mol. The second-order valence-corrected chi connectivity index (χ2v) is 9.96. The molecule has 2 amide bonds. The monoisotopic (exact) mass is 400 g/mol. The maximum absolute atomic E-state index is 13.0. The molecular formula is C22H28N2O3S. The van der Waals surface area contributed by atoms with Gasteiger partial charge in [0, 0.05) is 12.2 Å². The maximum Gasteiger partial charge on any atom is 0.319 e. The Morgan fingerprint density at radius 3 is 2.32 bits per heavy atom. The van der Waals surface area contributed by atoms with Gasteiger partial charge in [0.25, 0.3) is 0 Å². The summed E-state index contributed by atoms with van der Waals surface area (Å²) in [7, 11) is -3.35. The van der Waals surface area contributed by atoms with Crippen molar-refractivity contribution in [1.82, 2.24) is 5.32 Å². The van der Waals surface area contributed by atoms with Crippen LogP contribution in [0.3, 0.4) is 0 Å². The molecule has 1 aliphatic rings. The Balaban J connectivity index is 1.60. The van der Waals surface area contributed by atoms with E-state index in [4.69, 9.17) is 0 Å². The van der Waals surface area contributed by atoms with Crippen molar-refractivity contribution < 1.29 is 13.2 Å². The molecule has 2 N–H and O–H groups in total. The molecule has 2 aromatic carbocycles. The van der Waals surface area contributed by atoms with Crippen LogP contribution < -0.4 is 10.6 Å². The summed E-state index contributed by atoms with van der Waals surface area (Å²) < 4.78 is 26.0. The predicted molar refractivity (Wildman–Crippen MR) is 112 cm³/mol. The third-order valence-electron chi connectivity index (χ3n) is 5.49. The first-order valence-electron chi connectivity index (χ1n) is 9.79. The second-order valence-electron chi connectivity index (χ2n) is 7.80. The summed E-state index contributed by atoms with van der Waals surface area (Å²) in [5.41, 5.74) is 1.57. The average Bonchev–Trinajstić information content (AvgIpc) is 2.67. The first kappa shape index (κ1) is 20.4. The number of amides is 2. The number of nitrogens with one attached hydrogen (secondary N) is 2. The number of hydrogen-bond donors (Lipinski definition) is 2. The van der Waals surface area contributed by atoms with Gasteiger partial charge in [0.15, 0.2) is 9.84 Å². The van der Waals surface area contributed by atoms with Crippen LogP contribution in [0, 0.1) is 11.8 Å². The van der Waals surface area contributed by atoms with Crippen molar-refractivity contribution in [3.05, 3.63) is 60.2 Å². The van der Waals surface area contributed by atoms with E-state index in [1.54, 1.807) is 24.3 Å². The van der Waals surface area contributed by atoms with Crippen LogP contribution in [0.4, 0.5) is 10.5 Å². The van der Waals surface area contributed by atoms with E-state index in [1.165, 1.54) is 0 Å². The minimum Gasteiger partial charge on any atom is -0.334 e. The molecule has 0 spiro atoms. The SMILES string of the molecule is CC1CCC(S(=O)(=O)c2ccc(NC(=O)NCc3ccccc3)cc2)C(C)C1. The molecule has 0 heterocycles. The molecule has 1 aliphatic carbocycles. The number of hydrogen-bond acceptors (Lipinski definition) is 3. The fraction of sp³-hybridized carbons (Fsp3) is 0.409. The highest BCUT2D eigenvalue weighted by atomic mass is 32.2. The molecular weight excluding hydrogens is 372 g/mol. The van der Waals surface area contributed by atoms with Crippen molar-refractivity contribution in [2.45, 2.75) is 49.8 Å². The van der Waals surface area contributed by atoms with Gasteiger partial charge in [0.05, 0.1) is 10.1 Å². The van der Waals surface area contributed by atoms with E-state index in [-0.39, 0.29) is 17.2 Å². The van der Waals surface area contributed by atoms with Gasteiger partial charge in [-0.2, -0.15) is 0 Å². The predicted octanol–water partition coefficient (Wildman–Crippen LogP) is 4.61. The highest BCUT2D eigenvalue weighted by Gasteiger charge is 2.36. The summed E-state index contributed by atoms with van der Waals surface area (Å²) in [5.74, 6) is 0.748. The Morgan fingerprint density at radius 1 is 1.00 bits per heavy atom. The molecule has 1 saturated carbocycles. The van der Waals surface area contributed by atoms with Crippen LogP contribution in [0.25, 0.3) is 0 Å². The number of anilines is 1. The lowest BCUT2D eigenvalue weighted by atomic mass is 9.83. The summed E-state index contributed by atoms with van der Waals surface area (Å²) in [6.45, 7) is 4.64. The third kappa shape index (κ3) is 4.93. The molecule has 1 fully saturated rings. The molecule has 0 aromatic heterocycles. The van der Waals surface area contributed by atoms with E-state index in [0.29, 0.717) is 29.5 Å². The molecule has 150 valence electrons. The quantitative estimate of drug-likeness (QED) is 0.770. The molecule has 5 nitrogen and oxygen atoms in total. The van der Waals surface area contributed by atoms with E-state index in [1.807, 2.05) is 37.3 Å². The van der Waals surface area contributed by atoms with Gasteiger partial charge in [-0.1, -0.05) is 44.2 Å². The number of benzene rings is 2. The Morgan fingerprint density at radius 2 is 1.68 bits per heavy atom. The van der Waals surface area contributed by atoms with E-state index in [2.05, 4.69) is 17.6 Å². The van der Waals surface area contributed by atoms with Crippen molar-refractivity contribution in [3.8, 4) is 0 Å². The van der Waals surface area contributed by atoms with Crippen LogP contribution in [0.2, 0.25) is 0 Å². The number of rotatable bonds is 5. The number of carbonyl (C=O) groups is 1. The molecule has 0 radical (unpaired) electrons. The molecule has 0 aliphatic heterocycles. The van der Waals surface area contributed by atoms with Gasteiger partial charge in [0.2, 0.25) is 0 Å². The highest BCUT2D eigenvalue weighted by molar-refractivity contribution is 7.92. The Labute approximate surface area is 167 Å². The zero-order valence-electron chi connectivity index (χ0n) is 16.4. The first-order chi connectivity index (χ1) is 13.4. The highest BCUT2D eigenvalue weighted by Crippen LogP contribution is 2.35. The van der Waals surface area contributed by atoms with Gasteiger partial charge >= 0.3 is 6.03 Å². The van der Waals surface area contributed by atoms with Crippen LogP contribution in [-0.2, 0) is 16.4 Å². The summed E-state index contributed by atoms with van der Waals surface area (Å²) in [6.07, 6.45) is 2.62. The van der Waals surface area contributed by atoms with Gasteiger partial charge in [0.1, 0.15) is 0 Å². The fourth-order valence-corrected chi connectivity index (χ4v) is 5.99. The van der Waals surface area contributed by atoms with Gasteiger partial charge in [-0.15, -0.1) is 0 Å². The lowest BCUT2D eigenvalue weighted by Crippen LogP contribution is -2.33. The van der Waals surface area contributed by atoms with Crippen molar-refractivity contribution in [2.24, 2.45) is 11.8 Å². The number of urea groups is 1. The minimum absolute atomic E-state index is 0.162. The Hall–Kier alpha value is -2.34. The van der Waals surface area contributed by atoms with Gasteiger partial charge in [-0.05, 0) is 60.9 Å². The third-order valence-corrected chi connectivity index (χ3v) is 7.91. The Kier molecular flexibility index (Phi) is 6.39. The molecule has 3 atom stereocenters. The van der Waals surface area contributed by atoms with E-state index in [0.717, 1.165) is 18.4 Å². The van der Waals surface area contributed by atoms with Gasteiger partial charge in [-0.25, -0.2) is 13.2 Å². The van der Waals surface area contributed by atoms with Gasteiger partial charge < -0.3 is 10.6 Å². The lowest BCUT2D eigenvalue weighted by molar-refractivity contribution is 0.251. The summed E-state index contributed by atoms with van der Waals surface area (Å²) in [6, 6.07) is 15.8. The maximum atomic E-state index is 13.0. The molecule has 28 heavy (non-hydrogen) atoms. The van der Waals surface area contributed by atoms with Crippen LogP contribution in [0.1, 0.15) is 38.7 Å². The van der Waals surface area contributed by atoms with Crippen LogP contribution in [0.5, 0.6) is 0 Å². The van der Waals surface area contributed by atoms with Crippen LogP contribution in [0.15, 0.2) is 59.5 Å². The molecule has 3 unspecified atom stereocenters. The molecule has 0 bridgehead atoms. The minimum atomic E-state index is -3.35. The largest absolute Gasteiger partial charge is 0.334 e. The van der Waals surface area contributed by atoms with E-state index >= 15 is 0 Å². The zero-order chi connectivity index (χ0) is 20.1. The standard InChI is InChI=1S/C22H28N2O3S/c1-16-8-13-21(17(2)14-16)28(26,27)20-11-9-19(10-12-20)24-22(25)23-15-18-6-4-3-5-7-18/h3-7,9-12,16-17,21H,8,13-15H2,1-2H3,(H2,23,24,25). The van der Waals surface area contributed by atoms with Crippen molar-refractivity contribution in [3.63, 3.8) is 0 Å². The van der Waals surface area contributed by atoms with Crippen LogP contribution >= 0.6 is 0 Å². The smallest absolute Gasteiger partial charge is 0.319 e. The number of carbonyl (C=O) groups excluding carboxylic acids is 1. The molecule has 3 rings (SSSR count). The van der Waals surface area contributed by atoms with Crippen molar-refractivity contribution in [2.75, 3.05) is 5.32 Å². The summed E-state index contributed by atoms with van der Waals surface area (Å²) >= 11 is 0. The zero-order valence-corrected chi connectivity index (χ0v) is 17.2. The molecule has 2 aromatic rings. The first-order valence-corrected chi connectivity index (χ1v) is 11.3. The topological polar surface area (TPSA) is 75.3 Å². The summed E-state index contributed by atoms with van der Waals surface area (Å²) in [4.78, 5) is 12.4. The normalized spacial score (nSPS) is 22.4. The number of sulfone groups is 1. The van der Waals surface area contributed by atoms with E-state index < -0.39 is 9.84 Å².